The summed E-state index contributed by atoms with van der Waals surface area (Å²) in [5, 5.41) is 0.927. The summed E-state index contributed by atoms with van der Waals surface area (Å²) in [5.41, 5.74) is 2.06. The lowest BCUT2D eigenvalue weighted by Gasteiger charge is -2.09. The van der Waals surface area contributed by atoms with E-state index in [1.165, 1.54) is 0 Å². The highest BCUT2D eigenvalue weighted by Gasteiger charge is 2.27. The normalized spacial score (nSPS) is 20.9. The third kappa shape index (κ3) is 5.37. The van der Waals surface area contributed by atoms with Crippen LogP contribution in [0.4, 0.5) is 0 Å². The van der Waals surface area contributed by atoms with Crippen molar-refractivity contribution < 1.29 is 26.5 Å². The van der Waals surface area contributed by atoms with Gasteiger partial charge in [-0.15, -0.1) is 8.57 Å². The van der Waals surface area contributed by atoms with Crippen molar-refractivity contribution in [1.29, 1.82) is 0 Å². The molecule has 90 valence electrons. The molecular formula is C6H14N2O6S. The Bertz CT molecular complexity index is 269. The van der Waals surface area contributed by atoms with Gasteiger partial charge in [0.05, 0.1) is 26.4 Å². The Morgan fingerprint density at radius 3 is 2.60 bits per heavy atom. The third-order valence-corrected chi connectivity index (χ3v) is 2.08. The summed E-state index contributed by atoms with van der Waals surface area (Å²) in [6, 6.07) is 0. The highest BCUT2D eigenvalue weighted by molar-refractivity contribution is 7.81. The van der Waals surface area contributed by atoms with Gasteiger partial charge in [0.15, 0.2) is 0 Å². The first-order valence-corrected chi connectivity index (χ1v) is 5.79. The van der Waals surface area contributed by atoms with E-state index in [0.717, 1.165) is 5.17 Å². The van der Waals surface area contributed by atoms with Gasteiger partial charge in [0.25, 0.3) is 0 Å². The molecule has 0 aliphatic carbocycles. The van der Waals surface area contributed by atoms with Crippen molar-refractivity contribution in [1.82, 2.24) is 10.8 Å². The molecule has 1 fully saturated rings. The van der Waals surface area contributed by atoms with Crippen molar-refractivity contribution >= 4 is 10.4 Å². The zero-order valence-electron chi connectivity index (χ0n) is 8.34. The summed E-state index contributed by atoms with van der Waals surface area (Å²) in [4.78, 5) is 0. The minimum absolute atomic E-state index is 0.228. The van der Waals surface area contributed by atoms with Crippen LogP contribution in [0.2, 0.25) is 0 Å². The molecule has 8 nitrogen and oxygen atoms in total. The van der Waals surface area contributed by atoms with Crippen molar-refractivity contribution in [2.45, 2.75) is 6.92 Å². The second kappa shape index (κ2) is 6.33. The number of rotatable bonds is 7. The fraction of sp³-hybridized carbons (Fsp3) is 1.00. The largest absolute Gasteiger partial charge is 0.435 e. The Kier molecular flexibility index (Phi) is 5.39. The van der Waals surface area contributed by atoms with Crippen LogP contribution in [-0.2, 0) is 28.4 Å². The number of nitrogens with zero attached hydrogens (tertiary/aromatic N) is 1. The van der Waals surface area contributed by atoms with Gasteiger partial charge < -0.3 is 9.47 Å². The van der Waals surface area contributed by atoms with Gasteiger partial charge in [-0.2, -0.15) is 8.42 Å². The second-order valence-corrected chi connectivity index (χ2v) is 3.70. The van der Waals surface area contributed by atoms with Crippen molar-refractivity contribution in [3.05, 3.63) is 0 Å². The number of hydroxylamine groups is 1. The molecule has 0 aromatic carbocycles. The van der Waals surface area contributed by atoms with Crippen molar-refractivity contribution in [3.8, 4) is 0 Å². The van der Waals surface area contributed by atoms with Crippen molar-refractivity contribution in [3.63, 3.8) is 0 Å². The zero-order valence-corrected chi connectivity index (χ0v) is 9.16. The molecule has 1 aliphatic heterocycles. The fourth-order valence-corrected chi connectivity index (χ4v) is 1.35. The maximum absolute atomic E-state index is 10.6. The van der Waals surface area contributed by atoms with Crippen LogP contribution < -0.4 is 5.59 Å². The van der Waals surface area contributed by atoms with Gasteiger partial charge in [0.1, 0.15) is 0 Å². The van der Waals surface area contributed by atoms with E-state index in [1.807, 2.05) is 6.92 Å². The summed E-state index contributed by atoms with van der Waals surface area (Å²) in [6.45, 7) is 4.04. The molecule has 1 N–H and O–H groups in total. The van der Waals surface area contributed by atoms with E-state index in [1.54, 1.807) is 0 Å². The number of hydrogen-bond donors (Lipinski definition) is 1. The van der Waals surface area contributed by atoms with Gasteiger partial charge in [0.2, 0.25) is 0 Å². The predicted molar refractivity (Wildman–Crippen MR) is 48.2 cm³/mol. The summed E-state index contributed by atoms with van der Waals surface area (Å²) in [7, 11) is -3.91. The van der Waals surface area contributed by atoms with Crippen LogP contribution in [0.25, 0.3) is 0 Å². The molecular weight excluding hydrogens is 228 g/mol. The fourth-order valence-electron chi connectivity index (χ4n) is 0.822. The van der Waals surface area contributed by atoms with E-state index in [0.29, 0.717) is 26.4 Å². The number of nitrogens with one attached hydrogen (secondary N) is 1. The minimum Gasteiger partial charge on any atom is -0.379 e. The van der Waals surface area contributed by atoms with Gasteiger partial charge >= 0.3 is 10.4 Å². The van der Waals surface area contributed by atoms with E-state index < -0.39 is 10.4 Å². The zero-order chi connectivity index (χ0) is 11.1. The summed E-state index contributed by atoms with van der Waals surface area (Å²) >= 11 is 0. The predicted octanol–water partition coefficient (Wildman–Crippen LogP) is -1.03. The van der Waals surface area contributed by atoms with E-state index in [9.17, 15) is 8.42 Å². The lowest BCUT2D eigenvalue weighted by atomic mass is 10.7. The first kappa shape index (κ1) is 12.8. The van der Waals surface area contributed by atoms with Crippen LogP contribution in [0, 0.1) is 0 Å². The van der Waals surface area contributed by atoms with Crippen molar-refractivity contribution in [2.75, 3.05) is 33.0 Å². The molecule has 0 unspecified atom stereocenters. The van der Waals surface area contributed by atoms with Gasteiger partial charge in [-0.3, -0.25) is 0 Å². The molecule has 1 rings (SSSR count). The van der Waals surface area contributed by atoms with Gasteiger partial charge in [-0.1, -0.05) is 10.8 Å². The molecule has 0 aromatic rings. The first-order valence-electron chi connectivity index (χ1n) is 4.46. The Hall–Kier alpha value is -0.290. The van der Waals surface area contributed by atoms with E-state index in [-0.39, 0.29) is 6.54 Å². The van der Waals surface area contributed by atoms with Crippen LogP contribution in [0.15, 0.2) is 0 Å². The molecule has 15 heavy (non-hydrogen) atoms. The molecule has 0 saturated carbocycles. The average Bonchev–Trinajstić information content (AvgIpc) is 2.52. The minimum atomic E-state index is -3.91. The summed E-state index contributed by atoms with van der Waals surface area (Å²) < 4.78 is 39.8. The standard InChI is InChI=1S/C6H14N2O6S/c1-2-11-5-6-12-4-3-8-7-13-15(9,10)14-8/h7H,2-6H2,1H3. The Labute approximate surface area is 88.2 Å². The molecule has 0 radical (unpaired) electrons. The number of ether oxygens (including phenoxy) is 2. The molecule has 1 heterocycles. The molecule has 1 aliphatic rings. The lowest BCUT2D eigenvalue weighted by Crippen LogP contribution is -2.32. The molecule has 0 spiro atoms. The van der Waals surface area contributed by atoms with Crippen LogP contribution in [0.5, 0.6) is 0 Å². The molecule has 9 heteroatoms. The molecule has 0 atom stereocenters. The third-order valence-electron chi connectivity index (χ3n) is 1.44. The smallest absolute Gasteiger partial charge is 0.379 e. The Balaban J connectivity index is 1.97. The quantitative estimate of drug-likeness (QED) is 0.567. The SMILES string of the molecule is CCOCCOCCN1NOS(=O)(=O)O1. The lowest BCUT2D eigenvalue weighted by molar-refractivity contribution is -0.125. The highest BCUT2D eigenvalue weighted by atomic mass is 32.3. The number of hydrogen-bond acceptors (Lipinski definition) is 8. The molecule has 0 bridgehead atoms. The van der Waals surface area contributed by atoms with Crippen molar-refractivity contribution in [2.24, 2.45) is 0 Å². The maximum Gasteiger partial charge on any atom is 0.435 e. The molecule has 1 saturated heterocycles. The average molecular weight is 242 g/mol. The second-order valence-electron chi connectivity index (χ2n) is 2.57. The topological polar surface area (TPSA) is 86.3 Å². The Morgan fingerprint density at radius 1 is 1.27 bits per heavy atom. The number of hydrazine groups is 1. The summed E-state index contributed by atoms with van der Waals surface area (Å²) in [6.07, 6.45) is 0. The Morgan fingerprint density at radius 2 is 2.00 bits per heavy atom. The monoisotopic (exact) mass is 242 g/mol. The van der Waals surface area contributed by atoms with Crippen LogP contribution in [0.1, 0.15) is 6.92 Å². The maximum atomic E-state index is 10.6. The van der Waals surface area contributed by atoms with E-state index >= 15 is 0 Å². The van der Waals surface area contributed by atoms with Crippen LogP contribution in [0.3, 0.4) is 0 Å². The van der Waals surface area contributed by atoms with Gasteiger partial charge in [-0.05, 0) is 6.92 Å². The first-order chi connectivity index (χ1) is 7.14. The van der Waals surface area contributed by atoms with Crippen LogP contribution in [-0.4, -0.2) is 46.6 Å². The summed E-state index contributed by atoms with van der Waals surface area (Å²) in [5.74, 6) is 0. The van der Waals surface area contributed by atoms with Crippen LogP contribution >= 0.6 is 0 Å². The van der Waals surface area contributed by atoms with Gasteiger partial charge in [-0.25, -0.2) is 0 Å². The highest BCUT2D eigenvalue weighted by Crippen LogP contribution is 2.04. The van der Waals surface area contributed by atoms with Gasteiger partial charge in [0, 0.05) is 6.61 Å². The van der Waals surface area contributed by atoms with E-state index in [2.05, 4.69) is 14.2 Å². The van der Waals surface area contributed by atoms with E-state index in [4.69, 9.17) is 9.47 Å². The molecule has 0 aromatic heterocycles. The molecule has 0 amide bonds.